The summed E-state index contributed by atoms with van der Waals surface area (Å²) in [6, 6.07) is -4.48. The Morgan fingerprint density at radius 2 is 0.875 bits per heavy atom. The molecule has 7 amide bonds. The second-order valence-electron chi connectivity index (χ2n) is 23.1. The molecule has 6 saturated heterocycles. The Balaban J connectivity index is 0.000000375. The molecule has 0 aliphatic carbocycles. The van der Waals surface area contributed by atoms with Gasteiger partial charge in [0, 0.05) is 18.1 Å². The first kappa shape index (κ1) is 70.2. The molecule has 0 aromatic rings. The molecule has 24 nitrogen and oxygen atoms in total. The molecule has 0 radical (unpaired) electrons. The molecule has 0 bridgehead atoms. The molecule has 9 unspecified atom stereocenters. The van der Waals surface area contributed by atoms with Crippen LogP contribution in [0.15, 0.2) is 0 Å². The van der Waals surface area contributed by atoms with E-state index in [1.807, 2.05) is 27.7 Å². The van der Waals surface area contributed by atoms with Gasteiger partial charge in [0.2, 0.25) is 30.3 Å². The van der Waals surface area contributed by atoms with Crippen molar-refractivity contribution in [1.29, 1.82) is 0 Å². The number of hydrogen-bond donors (Lipinski definition) is 7. The van der Waals surface area contributed by atoms with E-state index in [4.69, 9.17) is 30.5 Å². The third-order valence-electron chi connectivity index (χ3n) is 14.8. The van der Waals surface area contributed by atoms with E-state index in [0.29, 0.717) is 31.7 Å². The number of alkyl halides is 6. The molecule has 3 spiro atoms. The van der Waals surface area contributed by atoms with Gasteiger partial charge >= 0.3 is 30.5 Å². The summed E-state index contributed by atoms with van der Waals surface area (Å²) in [6.07, 6.45) is -11.8. The highest BCUT2D eigenvalue weighted by Gasteiger charge is 2.71. The van der Waals surface area contributed by atoms with Crippen molar-refractivity contribution >= 4 is 60.3 Å². The third-order valence-corrected chi connectivity index (χ3v) is 14.8. The Kier molecular flexibility index (Phi) is 22.4. The molecule has 458 valence electrons. The quantitative estimate of drug-likeness (QED) is 0.0989. The number of carbonyl (C=O) groups excluding carboxylic acids is 9. The van der Waals surface area contributed by atoms with Gasteiger partial charge in [-0.15, -0.1) is 0 Å². The molecule has 9 N–H and O–H groups in total. The summed E-state index contributed by atoms with van der Waals surface area (Å²) < 4.78 is 73.4. The van der Waals surface area contributed by atoms with Gasteiger partial charge in [-0.05, 0) is 142 Å². The van der Waals surface area contributed by atoms with E-state index in [-0.39, 0.29) is 29.9 Å². The minimum Gasteiger partial charge on any atom is -0.480 e. The maximum atomic E-state index is 13.0. The zero-order valence-electron chi connectivity index (χ0n) is 47.7. The van der Waals surface area contributed by atoms with Crippen LogP contribution in [0.5, 0.6) is 0 Å². The summed E-state index contributed by atoms with van der Waals surface area (Å²) in [5, 5.41) is 41.9. The van der Waals surface area contributed by atoms with Gasteiger partial charge in [-0.1, -0.05) is 0 Å². The zero-order chi connectivity index (χ0) is 62.7. The summed E-state index contributed by atoms with van der Waals surface area (Å²) in [5.41, 5.74) is 6.59. The second kappa shape index (κ2) is 25.5. The molecular formula is C50H80F6N8O16. The number of primary amides is 2. The Labute approximate surface area is 460 Å². The molecule has 0 saturated carbocycles. The number of aldehydes is 2. The lowest BCUT2D eigenvalue weighted by atomic mass is 9.75. The summed E-state index contributed by atoms with van der Waals surface area (Å²) in [6.45, 7) is 26.0. The monoisotopic (exact) mass is 1160 g/mol. The first-order valence-electron chi connectivity index (χ1n) is 25.8. The number of halogens is 6. The molecule has 30 heteroatoms. The van der Waals surface area contributed by atoms with Gasteiger partial charge in [0.15, 0.2) is 6.04 Å². The number of ether oxygens (including phenoxy) is 2. The second-order valence-corrected chi connectivity index (χ2v) is 23.1. The lowest BCUT2D eigenvalue weighted by molar-refractivity contribution is -0.188. The third kappa shape index (κ3) is 14.8. The number of carboxylic acids is 1. The topological polar surface area (TPSA) is 350 Å². The number of rotatable bonds is 9. The van der Waals surface area contributed by atoms with Crippen LogP contribution < -0.4 is 16.8 Å². The first-order valence-corrected chi connectivity index (χ1v) is 25.8. The highest BCUT2D eigenvalue weighted by Crippen LogP contribution is 2.50. The number of hydrogen-bond acceptors (Lipinski definition) is 16. The highest BCUT2D eigenvalue weighted by molar-refractivity contribution is 6.02. The number of nitrogens with zero attached hydrogens (tertiary/aromatic N) is 5. The number of carbonyl (C=O) groups is 10. The Hall–Kier alpha value is -5.88. The first-order chi connectivity index (χ1) is 36.1. The molecule has 6 heterocycles. The van der Waals surface area contributed by atoms with Crippen LogP contribution in [-0.2, 0) is 47.8 Å². The Morgan fingerprint density at radius 3 is 1.09 bits per heavy atom. The van der Waals surface area contributed by atoms with Gasteiger partial charge in [-0.25, -0.2) is 14.4 Å². The van der Waals surface area contributed by atoms with Gasteiger partial charge in [0.25, 0.3) is 11.8 Å². The molecule has 6 aliphatic heterocycles. The van der Waals surface area contributed by atoms with Gasteiger partial charge < -0.3 is 56.1 Å². The largest absolute Gasteiger partial charge is 0.480 e. The van der Waals surface area contributed by atoms with Crippen LogP contribution in [0.25, 0.3) is 0 Å². The standard InChI is InChI=1S/C17H29N3O5.C17H28N2O6.C12H21N3O3.2C2HF3O/c1-9-7-8-17(20(9)15(24)25-16(4,5)6)11(3)19(14(17)23)12(10(2)21)13(18)22;1-9-7-8-17(19(9)15(24)25-16(4,5)6)11(3)18(14(17)23)12(10(2)20)13(21)22;1-6-4-5-12(14-6)8(3)15(11(12)18)9(7(2)16)10(13)17;2*3-2(4,5)1-6/h9-12,21H,7-8H2,1-6H3,(H2,18,22);9-12,20H,7-8H2,1-6H3,(H,21,22);6-9,14,16H,4-5H2,1-3H3,(H2,13,17);2*1H/t2*9?,10-,11?,12+,17?;6?,7-,8?,9+,12?;;/m111../s1. The van der Waals surface area contributed by atoms with E-state index < -0.39 is 137 Å². The van der Waals surface area contributed by atoms with Crippen molar-refractivity contribution in [3.63, 3.8) is 0 Å². The smallest absolute Gasteiger partial charge is 0.446 e. The van der Waals surface area contributed by atoms with Crippen LogP contribution in [0.1, 0.15) is 142 Å². The van der Waals surface area contributed by atoms with Crippen molar-refractivity contribution in [3.8, 4) is 0 Å². The van der Waals surface area contributed by atoms with Crippen LogP contribution in [0.2, 0.25) is 0 Å². The fraction of sp³-hybridized carbons (Fsp3) is 0.800. The maximum Gasteiger partial charge on any atom is 0.446 e. The van der Waals surface area contributed by atoms with E-state index >= 15 is 0 Å². The number of aliphatic hydroxyl groups is 3. The van der Waals surface area contributed by atoms with E-state index in [2.05, 4.69) is 5.32 Å². The van der Waals surface area contributed by atoms with Crippen molar-refractivity contribution in [2.75, 3.05) is 0 Å². The molecular weight excluding hydrogens is 1080 g/mol. The number of nitrogens with two attached hydrogens (primary N) is 2. The van der Waals surface area contributed by atoms with Crippen molar-refractivity contribution in [3.05, 3.63) is 0 Å². The predicted molar refractivity (Wildman–Crippen MR) is 269 cm³/mol. The SMILES string of the molecule is CC1CCC2(C(=O)N([C@H](C(=O)O)[C@@H](C)O)C2C)N1C(=O)OC(C)(C)C.CC1CCC2(C(=O)N([C@H](C(N)=O)[C@@H](C)O)C2C)N1C(=O)OC(C)(C)C.CC1CCC2(N1)C(=O)N([C@H](C(N)=O)[C@@H](C)O)C2C.O=CC(F)(F)F.O=CC(F)(F)F. The summed E-state index contributed by atoms with van der Waals surface area (Å²) in [5.74, 6) is -3.61. The van der Waals surface area contributed by atoms with Crippen molar-refractivity contribution in [1.82, 2.24) is 29.8 Å². The summed E-state index contributed by atoms with van der Waals surface area (Å²) in [4.78, 5) is 123. The van der Waals surface area contributed by atoms with E-state index in [1.165, 1.54) is 45.3 Å². The van der Waals surface area contributed by atoms with Crippen LogP contribution in [0.3, 0.4) is 0 Å². The van der Waals surface area contributed by atoms with E-state index in [0.717, 1.165) is 12.8 Å². The van der Waals surface area contributed by atoms with Crippen molar-refractivity contribution < 1.29 is 104 Å². The van der Waals surface area contributed by atoms with E-state index in [1.54, 1.807) is 55.4 Å². The normalized spacial score (nSPS) is 30.2. The number of aliphatic hydroxyl groups excluding tert-OH is 3. The van der Waals surface area contributed by atoms with E-state index in [9.17, 15) is 85.1 Å². The summed E-state index contributed by atoms with van der Waals surface area (Å²) >= 11 is 0. The lowest BCUT2D eigenvalue weighted by Crippen LogP contribution is -2.82. The maximum absolute atomic E-state index is 13.0. The minimum atomic E-state index is -4.64. The van der Waals surface area contributed by atoms with Gasteiger partial charge in [-0.2, -0.15) is 26.3 Å². The fourth-order valence-electron chi connectivity index (χ4n) is 11.3. The summed E-state index contributed by atoms with van der Waals surface area (Å²) in [7, 11) is 0. The molecule has 15 atom stereocenters. The van der Waals surface area contributed by atoms with Crippen LogP contribution in [0.4, 0.5) is 35.9 Å². The zero-order valence-corrected chi connectivity index (χ0v) is 47.7. The van der Waals surface area contributed by atoms with Gasteiger partial charge in [0.1, 0.15) is 39.9 Å². The average Bonchev–Trinajstić information content (AvgIpc) is 4.02. The highest BCUT2D eigenvalue weighted by atomic mass is 19.4. The number of amides is 7. The molecule has 80 heavy (non-hydrogen) atoms. The number of likely N-dealkylation sites (tertiary alicyclic amines) is 5. The molecule has 0 aromatic heterocycles. The predicted octanol–water partition coefficient (Wildman–Crippen LogP) is 2.28. The van der Waals surface area contributed by atoms with Crippen LogP contribution in [0, 0.1) is 0 Å². The molecule has 6 rings (SSSR count). The Bertz CT molecular complexity index is 2190. The number of nitrogens with one attached hydrogen (secondary N) is 1. The number of aliphatic carboxylic acids is 1. The van der Waals surface area contributed by atoms with Crippen molar-refractivity contribution in [2.24, 2.45) is 11.5 Å². The number of carboxylic acid groups (broad SMARTS) is 1. The lowest BCUT2D eigenvalue weighted by Gasteiger charge is -2.59. The fourth-order valence-corrected chi connectivity index (χ4v) is 11.3. The van der Waals surface area contributed by atoms with Crippen LogP contribution >= 0.6 is 0 Å². The van der Waals surface area contributed by atoms with Gasteiger partial charge in [-0.3, -0.25) is 48.7 Å². The van der Waals surface area contributed by atoms with Crippen LogP contribution in [-0.4, -0.2) is 218 Å². The van der Waals surface area contributed by atoms with Crippen molar-refractivity contribution in [2.45, 2.75) is 255 Å². The minimum absolute atomic E-state index is 0.121. The average molecular weight is 1160 g/mol. The Morgan fingerprint density at radius 1 is 0.575 bits per heavy atom. The van der Waals surface area contributed by atoms with Gasteiger partial charge in [0.05, 0.1) is 36.4 Å². The molecule has 6 fully saturated rings. The molecule has 0 aromatic carbocycles. The molecule has 6 aliphatic rings. The number of β-lactam (4-membered cyclic amide) rings is 3.